The van der Waals surface area contributed by atoms with Gasteiger partial charge in [-0.1, -0.05) is 20.4 Å². The molecule has 0 heterocycles. The van der Waals surface area contributed by atoms with Gasteiger partial charge in [0.15, 0.2) is 0 Å². The van der Waals surface area contributed by atoms with Crippen LogP contribution in [0.3, 0.4) is 0 Å². The van der Waals surface area contributed by atoms with E-state index in [1.165, 1.54) is 25.7 Å². The Morgan fingerprint density at radius 1 is 1.19 bits per heavy atom. The van der Waals surface area contributed by atoms with Crippen molar-refractivity contribution in [3.8, 4) is 0 Å². The smallest absolute Gasteiger partial charge is 0.246 e. The van der Waals surface area contributed by atoms with E-state index in [0.29, 0.717) is 35.8 Å². The van der Waals surface area contributed by atoms with Gasteiger partial charge in [-0.05, 0) is 56.8 Å². The van der Waals surface area contributed by atoms with Crippen molar-refractivity contribution in [2.45, 2.75) is 65.0 Å². The van der Waals surface area contributed by atoms with Crippen LogP contribution in [0.25, 0.3) is 0 Å². The highest BCUT2D eigenvalue weighted by Gasteiger charge is 2.42. The lowest BCUT2D eigenvalue weighted by molar-refractivity contribution is -0.128. The molecule has 21 heavy (non-hydrogen) atoms. The first-order chi connectivity index (χ1) is 10.4. The fourth-order valence-electron chi connectivity index (χ4n) is 2.77. The highest BCUT2D eigenvalue weighted by atomic mass is 16.2. The molecular weight excluding hydrogens is 264 g/mol. The maximum atomic E-state index is 12.6. The number of carbonyl (C=O) groups excluding carboxylic acids is 2. The third-order valence-corrected chi connectivity index (χ3v) is 4.26. The van der Waals surface area contributed by atoms with Gasteiger partial charge in [-0.25, -0.2) is 0 Å². The van der Waals surface area contributed by atoms with Gasteiger partial charge in [0, 0.05) is 11.6 Å². The molecule has 0 aromatic carbocycles. The molecule has 1 atom stereocenters. The second-order valence-electron chi connectivity index (χ2n) is 7.05. The first-order valence-corrected chi connectivity index (χ1v) is 8.08. The van der Waals surface area contributed by atoms with E-state index in [2.05, 4.69) is 10.6 Å². The van der Waals surface area contributed by atoms with Crippen molar-refractivity contribution >= 4 is 11.8 Å². The van der Waals surface area contributed by atoms with Gasteiger partial charge in [-0.3, -0.25) is 9.59 Å². The summed E-state index contributed by atoms with van der Waals surface area (Å²) < 4.78 is 7.15. The van der Waals surface area contributed by atoms with Crippen molar-refractivity contribution in [2.24, 2.45) is 17.8 Å². The summed E-state index contributed by atoms with van der Waals surface area (Å²) in [6.07, 6.45) is 5.46. The average Bonchev–Trinajstić information content (AvgIpc) is 3.35. The highest BCUT2D eigenvalue weighted by Crippen LogP contribution is 2.44. The molecule has 0 radical (unpaired) electrons. The summed E-state index contributed by atoms with van der Waals surface area (Å²) in [6, 6.07) is -0.214. The van der Waals surface area contributed by atoms with Crippen LogP contribution in [-0.4, -0.2) is 23.9 Å². The number of rotatable bonds is 8. The molecule has 0 bridgehead atoms. The third-order valence-electron chi connectivity index (χ3n) is 4.26. The molecule has 0 aromatic rings. The van der Waals surface area contributed by atoms with E-state index < -0.39 is 6.04 Å². The molecule has 4 nitrogen and oxygen atoms in total. The number of carbonyl (C=O) groups is 2. The quantitative estimate of drug-likeness (QED) is 0.675. The molecule has 118 valence electrons. The van der Waals surface area contributed by atoms with Gasteiger partial charge >= 0.3 is 0 Å². The highest BCUT2D eigenvalue weighted by molar-refractivity contribution is 5.96. The number of hydrogen-bond acceptors (Lipinski definition) is 2. The Bertz CT molecular complexity index is 442. The van der Waals surface area contributed by atoms with Crippen LogP contribution in [0.4, 0.5) is 0 Å². The summed E-state index contributed by atoms with van der Waals surface area (Å²) in [5.74, 6) is 1.20. The lowest BCUT2D eigenvalue weighted by Gasteiger charge is -2.24. The molecule has 2 fully saturated rings. The maximum Gasteiger partial charge on any atom is 0.246 e. The molecule has 0 unspecified atom stereocenters. The van der Waals surface area contributed by atoms with Crippen molar-refractivity contribution in [3.63, 3.8) is 0 Å². The van der Waals surface area contributed by atoms with Crippen molar-refractivity contribution in [2.75, 3.05) is 0 Å². The monoisotopic (exact) mass is 293 g/mol. The Kier molecular flexibility index (Phi) is 4.61. The van der Waals surface area contributed by atoms with Gasteiger partial charge in [-0.2, -0.15) is 0 Å². The van der Waals surface area contributed by atoms with Crippen molar-refractivity contribution in [3.05, 3.63) is 12.1 Å². The average molecular weight is 293 g/mol. The van der Waals surface area contributed by atoms with E-state index in [-0.39, 0.29) is 11.8 Å². The normalized spacial score (nSPS) is 21.2. The molecule has 0 saturated heterocycles. The van der Waals surface area contributed by atoms with Gasteiger partial charge in [-0.15, -0.1) is 0 Å². The van der Waals surface area contributed by atoms with Crippen LogP contribution in [0.15, 0.2) is 12.1 Å². The minimum Gasteiger partial charge on any atom is -0.351 e. The zero-order valence-corrected chi connectivity index (χ0v) is 13.3. The van der Waals surface area contributed by atoms with Gasteiger partial charge < -0.3 is 10.6 Å². The van der Waals surface area contributed by atoms with Crippen molar-refractivity contribution < 1.29 is 11.0 Å². The van der Waals surface area contributed by atoms with E-state index in [1.807, 2.05) is 13.8 Å². The Morgan fingerprint density at radius 3 is 2.19 bits per heavy atom. The zero-order valence-electron chi connectivity index (χ0n) is 14.3. The summed E-state index contributed by atoms with van der Waals surface area (Å²) in [5, 5.41) is 5.97. The van der Waals surface area contributed by atoms with Gasteiger partial charge in [0.2, 0.25) is 11.8 Å². The molecular formula is C17H28N2O2. The third kappa shape index (κ3) is 4.87. The standard InChI is InChI=1S/C17H28N2O2/c1-10(2)9-14(18-16(20)11(3)4)17(21)19-15(12-5-6-12)13-7-8-13/h10,12-15H,3,5-9H2,1-2,4H3,(H,18,20)(H,19,21)/t14-/m0/s1/i3D. The minimum atomic E-state index is -0.512. The van der Waals surface area contributed by atoms with E-state index in [0.717, 1.165) is 6.55 Å². The molecule has 2 aliphatic carbocycles. The molecule has 4 heteroatoms. The molecule has 0 aliphatic heterocycles. The maximum absolute atomic E-state index is 12.6. The number of nitrogens with one attached hydrogen (secondary N) is 2. The largest absolute Gasteiger partial charge is 0.351 e. The van der Waals surface area contributed by atoms with Gasteiger partial charge in [0.25, 0.3) is 0 Å². The molecule has 2 saturated carbocycles. The van der Waals surface area contributed by atoms with Gasteiger partial charge in [0.1, 0.15) is 6.04 Å². The summed E-state index contributed by atoms with van der Waals surface area (Å²) in [4.78, 5) is 24.6. The molecule has 2 aliphatic rings. The Labute approximate surface area is 129 Å². The van der Waals surface area contributed by atoms with E-state index in [1.54, 1.807) is 6.92 Å². The van der Waals surface area contributed by atoms with Gasteiger partial charge in [0.05, 0.1) is 1.37 Å². The van der Waals surface area contributed by atoms with Crippen LogP contribution in [0.5, 0.6) is 0 Å². The Balaban J connectivity index is 1.97. The zero-order chi connectivity index (χ0) is 16.3. The van der Waals surface area contributed by atoms with Crippen LogP contribution in [0.2, 0.25) is 0 Å². The van der Waals surface area contributed by atoms with Crippen LogP contribution in [0.1, 0.15) is 54.2 Å². The van der Waals surface area contributed by atoms with E-state index in [9.17, 15) is 9.59 Å². The second-order valence-corrected chi connectivity index (χ2v) is 7.05. The van der Waals surface area contributed by atoms with Crippen LogP contribution >= 0.6 is 0 Å². The van der Waals surface area contributed by atoms with Crippen molar-refractivity contribution in [1.82, 2.24) is 10.6 Å². The summed E-state index contributed by atoms with van der Waals surface area (Å²) in [5.41, 5.74) is 0.322. The molecule has 0 aromatic heterocycles. The SMILES string of the molecule is [2H]C=C(C)C(=O)N[C@@H](CC(C)C)C(=O)NC(C1CC1)C1CC1. The predicted molar refractivity (Wildman–Crippen MR) is 83.6 cm³/mol. The lowest BCUT2D eigenvalue weighted by Crippen LogP contribution is -2.51. The van der Waals surface area contributed by atoms with Crippen molar-refractivity contribution in [1.29, 1.82) is 0 Å². The second kappa shape index (κ2) is 6.63. The Hall–Kier alpha value is -1.32. The van der Waals surface area contributed by atoms with Crippen LogP contribution < -0.4 is 10.6 Å². The fraction of sp³-hybridized carbons (Fsp3) is 0.765. The topological polar surface area (TPSA) is 58.2 Å². The molecule has 2 amide bonds. The summed E-state index contributed by atoms with van der Waals surface area (Å²) >= 11 is 0. The molecule has 0 spiro atoms. The lowest BCUT2D eigenvalue weighted by atomic mass is 10.0. The number of amides is 2. The Morgan fingerprint density at radius 2 is 1.76 bits per heavy atom. The van der Waals surface area contributed by atoms with E-state index >= 15 is 0 Å². The summed E-state index contributed by atoms with van der Waals surface area (Å²) in [6.45, 7) is 6.69. The van der Waals surface area contributed by atoms with Crippen LogP contribution in [-0.2, 0) is 9.59 Å². The molecule has 2 rings (SSSR count). The fourth-order valence-corrected chi connectivity index (χ4v) is 2.77. The molecule has 2 N–H and O–H groups in total. The van der Waals surface area contributed by atoms with Crippen LogP contribution in [0, 0.1) is 17.8 Å². The predicted octanol–water partition coefficient (Wildman–Crippen LogP) is 2.40. The first-order valence-electron chi connectivity index (χ1n) is 8.66. The van der Waals surface area contributed by atoms with E-state index in [4.69, 9.17) is 1.37 Å². The minimum absolute atomic E-state index is 0.0661. The number of hydrogen-bond donors (Lipinski definition) is 2. The first kappa shape index (κ1) is 14.6. The summed E-state index contributed by atoms with van der Waals surface area (Å²) in [7, 11) is 0.